The number of rotatable bonds is 11. The lowest BCUT2D eigenvalue weighted by Gasteiger charge is -2.15. The summed E-state index contributed by atoms with van der Waals surface area (Å²) in [6.07, 6.45) is 1.76. The van der Waals surface area contributed by atoms with E-state index in [-0.39, 0.29) is 11.9 Å². The van der Waals surface area contributed by atoms with Gasteiger partial charge in [-0.2, -0.15) is 0 Å². The molecular formula is C28H35N5O. The first-order chi connectivity index (χ1) is 16.5. The summed E-state index contributed by atoms with van der Waals surface area (Å²) in [7, 11) is 3.98. The van der Waals surface area contributed by atoms with Crippen LogP contribution in [0.5, 0.6) is 0 Å². The standard InChI is InChI=1S/C28H35N5O/c1-33(2)20-19-30-27(34)18-17-26(21-22-9-5-3-6-10-22)32-28(29)31-25-15-13-24(14-16-25)23-11-7-4-8-12-23/h3-16,26H,17-21H2,1-2H3,(H,30,34)(H3,29,31,32)/t26-/m1/s1. The van der Waals surface area contributed by atoms with Gasteiger partial charge in [0, 0.05) is 25.2 Å². The molecule has 0 aliphatic carbocycles. The highest BCUT2D eigenvalue weighted by molar-refractivity contribution is 5.92. The van der Waals surface area contributed by atoms with Crippen molar-refractivity contribution >= 4 is 17.6 Å². The first-order valence-corrected chi connectivity index (χ1v) is 11.7. The number of hydrogen-bond donors (Lipinski definition) is 3. The number of anilines is 1. The highest BCUT2D eigenvalue weighted by Crippen LogP contribution is 2.21. The van der Waals surface area contributed by atoms with Crippen molar-refractivity contribution in [1.29, 1.82) is 0 Å². The van der Waals surface area contributed by atoms with Gasteiger partial charge in [0.15, 0.2) is 5.96 Å². The Morgan fingerprint density at radius 1 is 0.912 bits per heavy atom. The van der Waals surface area contributed by atoms with Crippen LogP contribution in [0.25, 0.3) is 11.1 Å². The number of amides is 1. The van der Waals surface area contributed by atoms with Crippen LogP contribution in [0.1, 0.15) is 18.4 Å². The third-order valence-corrected chi connectivity index (χ3v) is 5.49. The number of carbonyl (C=O) groups excluding carboxylic acids is 1. The average Bonchev–Trinajstić information content (AvgIpc) is 2.84. The molecule has 3 aromatic carbocycles. The summed E-state index contributed by atoms with van der Waals surface area (Å²) < 4.78 is 0. The van der Waals surface area contributed by atoms with Crippen LogP contribution in [0.4, 0.5) is 5.69 Å². The summed E-state index contributed by atoms with van der Waals surface area (Å²) in [5, 5.41) is 6.16. The summed E-state index contributed by atoms with van der Waals surface area (Å²) >= 11 is 0. The second-order valence-corrected chi connectivity index (χ2v) is 8.62. The van der Waals surface area contributed by atoms with Crippen LogP contribution in [-0.4, -0.2) is 50.0 Å². The number of hydrogen-bond acceptors (Lipinski definition) is 3. The van der Waals surface area contributed by atoms with Crippen molar-refractivity contribution in [2.24, 2.45) is 10.7 Å². The van der Waals surface area contributed by atoms with E-state index in [0.717, 1.165) is 24.2 Å². The Morgan fingerprint density at radius 3 is 2.18 bits per heavy atom. The van der Waals surface area contributed by atoms with E-state index in [9.17, 15) is 4.79 Å². The molecule has 6 heteroatoms. The minimum Gasteiger partial charge on any atom is -0.370 e. The molecule has 0 bridgehead atoms. The maximum Gasteiger partial charge on any atom is 0.220 e. The van der Waals surface area contributed by atoms with Crippen molar-refractivity contribution in [2.75, 3.05) is 32.5 Å². The maximum atomic E-state index is 12.3. The van der Waals surface area contributed by atoms with Crippen LogP contribution in [0.3, 0.4) is 0 Å². The molecule has 0 aliphatic rings. The first kappa shape index (κ1) is 25.0. The Hall–Kier alpha value is -3.64. The van der Waals surface area contributed by atoms with E-state index in [4.69, 9.17) is 10.7 Å². The number of nitrogens with two attached hydrogens (primary N) is 1. The van der Waals surface area contributed by atoms with Gasteiger partial charge in [0.1, 0.15) is 0 Å². The van der Waals surface area contributed by atoms with Gasteiger partial charge in [0.25, 0.3) is 0 Å². The zero-order chi connectivity index (χ0) is 24.2. The molecule has 0 aromatic heterocycles. The van der Waals surface area contributed by atoms with Crippen molar-refractivity contribution in [3.8, 4) is 11.1 Å². The molecule has 0 aliphatic heterocycles. The fourth-order valence-electron chi connectivity index (χ4n) is 3.66. The zero-order valence-electron chi connectivity index (χ0n) is 20.1. The molecule has 0 radical (unpaired) electrons. The Kier molecular flexibility index (Phi) is 9.67. The monoisotopic (exact) mass is 457 g/mol. The molecule has 6 nitrogen and oxygen atoms in total. The van der Waals surface area contributed by atoms with E-state index in [1.54, 1.807) is 0 Å². The molecule has 0 heterocycles. The van der Waals surface area contributed by atoms with Crippen molar-refractivity contribution < 1.29 is 4.79 Å². The zero-order valence-corrected chi connectivity index (χ0v) is 20.1. The van der Waals surface area contributed by atoms with Crippen molar-refractivity contribution in [3.05, 3.63) is 90.5 Å². The van der Waals surface area contributed by atoms with E-state index >= 15 is 0 Å². The van der Waals surface area contributed by atoms with Crippen molar-refractivity contribution in [1.82, 2.24) is 10.2 Å². The highest BCUT2D eigenvalue weighted by Gasteiger charge is 2.12. The van der Waals surface area contributed by atoms with Gasteiger partial charge in [-0.05, 0) is 55.8 Å². The molecule has 3 aromatic rings. The number of likely N-dealkylation sites (N-methyl/N-ethyl adjacent to an activating group) is 1. The minimum atomic E-state index is -0.0990. The molecule has 0 fully saturated rings. The molecule has 178 valence electrons. The van der Waals surface area contributed by atoms with E-state index in [0.29, 0.717) is 25.3 Å². The highest BCUT2D eigenvalue weighted by atomic mass is 16.1. The second-order valence-electron chi connectivity index (χ2n) is 8.62. The average molecular weight is 458 g/mol. The van der Waals surface area contributed by atoms with Crippen LogP contribution in [0.15, 0.2) is 89.9 Å². The first-order valence-electron chi connectivity index (χ1n) is 11.7. The number of benzene rings is 3. The van der Waals surface area contributed by atoms with E-state index in [1.807, 2.05) is 67.5 Å². The van der Waals surface area contributed by atoms with Crippen LogP contribution in [-0.2, 0) is 11.2 Å². The summed E-state index contributed by atoms with van der Waals surface area (Å²) in [6, 6.07) is 28.4. The molecule has 1 amide bonds. The second kappa shape index (κ2) is 13.2. The van der Waals surface area contributed by atoms with Crippen LogP contribution in [0.2, 0.25) is 0 Å². The maximum absolute atomic E-state index is 12.3. The molecule has 1 atom stereocenters. The normalized spacial score (nSPS) is 12.4. The third-order valence-electron chi connectivity index (χ3n) is 5.49. The van der Waals surface area contributed by atoms with Gasteiger partial charge < -0.3 is 21.3 Å². The summed E-state index contributed by atoms with van der Waals surface area (Å²) in [5.41, 5.74) is 10.6. The Morgan fingerprint density at radius 2 is 1.53 bits per heavy atom. The van der Waals surface area contributed by atoms with Gasteiger partial charge in [-0.15, -0.1) is 0 Å². The van der Waals surface area contributed by atoms with E-state index in [2.05, 4.69) is 47.0 Å². The predicted molar refractivity (Wildman–Crippen MR) is 142 cm³/mol. The van der Waals surface area contributed by atoms with Gasteiger partial charge in [-0.25, -0.2) is 4.99 Å². The predicted octanol–water partition coefficient (Wildman–Crippen LogP) is 4.15. The Bertz CT molecular complexity index is 1030. The lowest BCUT2D eigenvalue weighted by Crippen LogP contribution is -2.32. The van der Waals surface area contributed by atoms with Gasteiger partial charge in [-0.1, -0.05) is 72.8 Å². The number of guanidine groups is 1. The van der Waals surface area contributed by atoms with Gasteiger partial charge >= 0.3 is 0 Å². The smallest absolute Gasteiger partial charge is 0.220 e. The number of carbonyl (C=O) groups is 1. The quantitative estimate of drug-likeness (QED) is 0.298. The summed E-state index contributed by atoms with van der Waals surface area (Å²) in [6.45, 7) is 1.46. The summed E-state index contributed by atoms with van der Waals surface area (Å²) in [4.78, 5) is 19.0. The van der Waals surface area contributed by atoms with Crippen LogP contribution < -0.4 is 16.4 Å². The SMILES string of the molecule is CN(C)CCNC(=O)CC[C@H](Cc1ccccc1)N=C(N)Nc1ccc(-c2ccccc2)cc1. The van der Waals surface area contributed by atoms with E-state index < -0.39 is 0 Å². The summed E-state index contributed by atoms with van der Waals surface area (Å²) in [5.74, 6) is 0.388. The van der Waals surface area contributed by atoms with Crippen LogP contribution >= 0.6 is 0 Å². The van der Waals surface area contributed by atoms with Gasteiger partial charge in [0.2, 0.25) is 5.91 Å². The molecule has 0 unspecified atom stereocenters. The molecule has 0 saturated heterocycles. The molecular weight excluding hydrogens is 422 g/mol. The fraction of sp³-hybridized carbons (Fsp3) is 0.286. The Labute approximate surface area is 202 Å². The minimum absolute atomic E-state index is 0.0399. The Balaban J connectivity index is 1.62. The molecule has 0 saturated carbocycles. The fourth-order valence-corrected chi connectivity index (χ4v) is 3.66. The number of nitrogens with zero attached hydrogens (tertiary/aromatic N) is 2. The van der Waals surface area contributed by atoms with Crippen molar-refractivity contribution in [2.45, 2.75) is 25.3 Å². The molecule has 4 N–H and O–H groups in total. The third kappa shape index (κ3) is 8.71. The number of aliphatic imine (C=N–C) groups is 1. The molecule has 0 spiro atoms. The lowest BCUT2D eigenvalue weighted by atomic mass is 10.0. The van der Waals surface area contributed by atoms with Gasteiger partial charge in [0.05, 0.1) is 6.04 Å². The molecule has 34 heavy (non-hydrogen) atoms. The van der Waals surface area contributed by atoms with Gasteiger partial charge in [-0.3, -0.25) is 4.79 Å². The largest absolute Gasteiger partial charge is 0.370 e. The van der Waals surface area contributed by atoms with E-state index in [1.165, 1.54) is 11.1 Å². The topological polar surface area (TPSA) is 82.8 Å². The van der Waals surface area contributed by atoms with Crippen LogP contribution in [0, 0.1) is 0 Å². The lowest BCUT2D eigenvalue weighted by molar-refractivity contribution is -0.121. The number of nitrogens with one attached hydrogen (secondary N) is 2. The van der Waals surface area contributed by atoms with Crippen molar-refractivity contribution in [3.63, 3.8) is 0 Å². The molecule has 3 rings (SSSR count).